The Morgan fingerprint density at radius 3 is 2.03 bits per heavy atom. The van der Waals surface area contributed by atoms with E-state index in [2.05, 4.69) is 54.5 Å². The van der Waals surface area contributed by atoms with Gasteiger partial charge in [0, 0.05) is 11.3 Å². The average Bonchev–Trinajstić information content (AvgIpc) is 3.03. The van der Waals surface area contributed by atoms with Crippen molar-refractivity contribution in [1.82, 2.24) is 0 Å². The number of ether oxygens (including phenoxy) is 1. The second kappa shape index (κ2) is 11.9. The minimum atomic E-state index is -2.03. The van der Waals surface area contributed by atoms with E-state index in [9.17, 15) is 5.11 Å². The van der Waals surface area contributed by atoms with Gasteiger partial charge in [-0.2, -0.15) is 0 Å². The van der Waals surface area contributed by atoms with E-state index in [1.807, 2.05) is 6.92 Å². The van der Waals surface area contributed by atoms with Crippen LogP contribution in [-0.2, 0) is 9.16 Å². The normalized spacial score (nSPS) is 29.8. The summed E-state index contributed by atoms with van der Waals surface area (Å²) in [5, 5.41) is 10.0. The molecule has 0 aromatic rings. The summed E-state index contributed by atoms with van der Waals surface area (Å²) in [6, 6.07) is 0. The highest BCUT2D eigenvalue weighted by molar-refractivity contribution is 6.77. The molecule has 0 heterocycles. The van der Waals surface area contributed by atoms with Gasteiger partial charge in [0.15, 0.2) is 0 Å². The average molecular weight is 493 g/mol. The third kappa shape index (κ3) is 5.71. The topological polar surface area (TPSA) is 38.7 Å². The summed E-state index contributed by atoms with van der Waals surface area (Å²) in [5.74, 6) is 0.505. The van der Waals surface area contributed by atoms with Crippen LogP contribution in [0.4, 0.5) is 0 Å². The van der Waals surface area contributed by atoms with E-state index >= 15 is 0 Å². The maximum atomic E-state index is 10.0. The molecule has 0 radical (unpaired) electrons. The van der Waals surface area contributed by atoms with Gasteiger partial charge in [0.1, 0.15) is 0 Å². The van der Waals surface area contributed by atoms with Crippen LogP contribution in [0.3, 0.4) is 0 Å². The Bertz CT molecular complexity index is 640. The van der Waals surface area contributed by atoms with E-state index in [0.29, 0.717) is 35.1 Å². The Kier molecular flexibility index (Phi) is 9.96. The molecule has 0 aliphatic heterocycles. The van der Waals surface area contributed by atoms with Crippen LogP contribution in [0.2, 0.25) is 16.6 Å². The molecule has 1 N–H and O–H groups in total. The molecule has 0 aromatic heterocycles. The lowest BCUT2D eigenvalue weighted by atomic mass is 9.68. The van der Waals surface area contributed by atoms with Gasteiger partial charge >= 0.3 is 0 Å². The molecule has 3 aliphatic rings. The summed E-state index contributed by atoms with van der Waals surface area (Å²) in [6.45, 7) is 18.7. The van der Waals surface area contributed by atoms with Gasteiger partial charge in [-0.05, 0) is 81.8 Å². The Balaban J connectivity index is 2.05. The summed E-state index contributed by atoms with van der Waals surface area (Å²) >= 11 is 0. The fraction of sp³-hybridized carbons (Fsp3) is 0.933. The number of rotatable bonds is 10. The lowest BCUT2D eigenvalue weighted by molar-refractivity contribution is -0.112. The zero-order valence-electron chi connectivity index (χ0n) is 23.7. The van der Waals surface area contributed by atoms with Crippen molar-refractivity contribution in [2.24, 2.45) is 11.3 Å². The quantitative estimate of drug-likeness (QED) is 0.245. The Labute approximate surface area is 212 Å². The highest BCUT2D eigenvalue weighted by atomic mass is 28.4. The molecule has 1 spiro atoms. The Morgan fingerprint density at radius 1 is 0.912 bits per heavy atom. The maximum absolute atomic E-state index is 10.0. The molecular formula is C30H56O3Si. The van der Waals surface area contributed by atoms with E-state index in [1.54, 1.807) is 5.57 Å². The van der Waals surface area contributed by atoms with Gasteiger partial charge in [0.25, 0.3) is 0 Å². The first-order valence-electron chi connectivity index (χ1n) is 14.7. The van der Waals surface area contributed by atoms with Gasteiger partial charge in [-0.25, -0.2) is 0 Å². The van der Waals surface area contributed by atoms with Crippen molar-refractivity contribution in [3.05, 3.63) is 11.6 Å². The Hall–Kier alpha value is -0.163. The first kappa shape index (κ1) is 28.4. The van der Waals surface area contributed by atoms with E-state index in [4.69, 9.17) is 9.16 Å². The molecule has 0 bridgehead atoms. The smallest absolute Gasteiger partial charge is 0.200 e. The van der Waals surface area contributed by atoms with Crippen molar-refractivity contribution in [2.45, 2.75) is 167 Å². The summed E-state index contributed by atoms with van der Waals surface area (Å²) in [7, 11) is -2.03. The van der Waals surface area contributed by atoms with Crippen molar-refractivity contribution in [3.8, 4) is 0 Å². The molecule has 34 heavy (non-hydrogen) atoms. The predicted molar refractivity (Wildman–Crippen MR) is 147 cm³/mol. The molecular weight excluding hydrogens is 436 g/mol. The summed E-state index contributed by atoms with van der Waals surface area (Å²) < 4.78 is 14.7. The van der Waals surface area contributed by atoms with Gasteiger partial charge in [0.05, 0.1) is 24.4 Å². The minimum absolute atomic E-state index is 0.0887. The zero-order chi connectivity index (χ0) is 25.1. The van der Waals surface area contributed by atoms with Crippen LogP contribution in [0, 0.1) is 11.3 Å². The highest BCUT2D eigenvalue weighted by Crippen LogP contribution is 2.59. The largest absolute Gasteiger partial charge is 0.412 e. The highest BCUT2D eigenvalue weighted by Gasteiger charge is 2.60. The zero-order valence-corrected chi connectivity index (χ0v) is 24.7. The SMILES string of the molecule is CC(C)[Si](O[C@@H]1[C@@H](C2=CCCCC2)C[C@H](O[C@H](C)C[C@H](C)O)C12CCCCC2)(C(C)C)C(C)C. The van der Waals surface area contributed by atoms with E-state index < -0.39 is 8.32 Å². The van der Waals surface area contributed by atoms with Crippen LogP contribution in [-0.4, -0.2) is 37.8 Å². The molecule has 3 aliphatic carbocycles. The third-order valence-corrected chi connectivity index (χ3v) is 15.8. The predicted octanol–water partition coefficient (Wildman–Crippen LogP) is 8.56. The van der Waals surface area contributed by atoms with E-state index in [1.165, 1.54) is 57.8 Å². The van der Waals surface area contributed by atoms with Crippen molar-refractivity contribution in [3.63, 3.8) is 0 Å². The standard InChI is InChI=1S/C30H56O3Si/c1-21(2)34(22(3)4,23(5)6)33-29-27(26-15-11-9-12-16-26)20-28(32-25(8)19-24(7)31)30(29)17-13-10-14-18-30/h15,21-25,27-29,31H,9-14,16-20H2,1-8H3/t24-,25+,27+,28-,29+/m0/s1. The summed E-state index contributed by atoms with van der Waals surface area (Å²) in [5.41, 5.74) is 3.61. The van der Waals surface area contributed by atoms with E-state index in [0.717, 1.165) is 6.42 Å². The van der Waals surface area contributed by atoms with Gasteiger partial charge in [-0.1, -0.05) is 72.5 Å². The second-order valence-corrected chi connectivity index (χ2v) is 18.4. The number of allylic oxidation sites excluding steroid dienone is 1. The van der Waals surface area contributed by atoms with Gasteiger partial charge in [-0.15, -0.1) is 0 Å². The number of hydrogen-bond acceptors (Lipinski definition) is 3. The van der Waals surface area contributed by atoms with Crippen LogP contribution in [0.5, 0.6) is 0 Å². The van der Waals surface area contributed by atoms with Crippen LogP contribution in [0.25, 0.3) is 0 Å². The van der Waals surface area contributed by atoms with Gasteiger partial charge in [-0.3, -0.25) is 0 Å². The van der Waals surface area contributed by atoms with Crippen LogP contribution in [0.1, 0.15) is 126 Å². The second-order valence-electron chi connectivity index (χ2n) is 13.0. The lowest BCUT2D eigenvalue weighted by Crippen LogP contribution is -2.55. The van der Waals surface area contributed by atoms with E-state index in [-0.39, 0.29) is 23.7 Å². The number of hydrogen-bond donors (Lipinski definition) is 1. The van der Waals surface area contributed by atoms with Crippen molar-refractivity contribution in [2.75, 3.05) is 0 Å². The minimum Gasteiger partial charge on any atom is -0.412 e. The maximum Gasteiger partial charge on any atom is 0.200 e. The fourth-order valence-corrected chi connectivity index (χ4v) is 14.0. The number of aliphatic hydroxyl groups excluding tert-OH is 1. The van der Waals surface area contributed by atoms with Crippen LogP contribution in [0.15, 0.2) is 11.6 Å². The van der Waals surface area contributed by atoms with Gasteiger partial charge < -0.3 is 14.3 Å². The van der Waals surface area contributed by atoms with Crippen LogP contribution < -0.4 is 0 Å². The Morgan fingerprint density at radius 2 is 1.53 bits per heavy atom. The van der Waals surface area contributed by atoms with Crippen molar-refractivity contribution >= 4 is 8.32 Å². The molecule has 3 nitrogen and oxygen atoms in total. The fourth-order valence-electron chi connectivity index (χ4n) is 8.37. The van der Waals surface area contributed by atoms with Crippen molar-refractivity contribution in [1.29, 1.82) is 0 Å². The first-order chi connectivity index (χ1) is 16.0. The molecule has 4 heteroatoms. The molecule has 198 valence electrons. The molecule has 0 saturated heterocycles. The third-order valence-electron chi connectivity index (χ3n) is 9.74. The molecule has 2 fully saturated rings. The van der Waals surface area contributed by atoms with Crippen molar-refractivity contribution < 1.29 is 14.3 Å². The molecule has 0 amide bonds. The molecule has 3 rings (SSSR count). The molecule has 0 aromatic carbocycles. The number of aliphatic hydroxyl groups is 1. The summed E-state index contributed by atoms with van der Waals surface area (Å²) in [6.07, 6.45) is 16.3. The van der Waals surface area contributed by atoms with Crippen LogP contribution >= 0.6 is 0 Å². The van der Waals surface area contributed by atoms with Gasteiger partial charge in [0.2, 0.25) is 8.32 Å². The molecule has 5 atom stereocenters. The lowest BCUT2D eigenvalue weighted by Gasteiger charge is -2.51. The summed E-state index contributed by atoms with van der Waals surface area (Å²) in [4.78, 5) is 0. The monoisotopic (exact) mass is 492 g/mol. The molecule has 0 unspecified atom stereocenters. The first-order valence-corrected chi connectivity index (χ1v) is 16.9. The molecule has 2 saturated carbocycles.